The van der Waals surface area contributed by atoms with Crippen molar-refractivity contribution in [2.75, 3.05) is 40.4 Å². The molecule has 0 spiro atoms. The molecule has 7 nitrogen and oxygen atoms in total. The number of guanidine groups is 1. The highest BCUT2D eigenvalue weighted by Gasteiger charge is 2.36. The summed E-state index contributed by atoms with van der Waals surface area (Å²) in [5.74, 6) is 0.804. The van der Waals surface area contributed by atoms with Gasteiger partial charge in [0, 0.05) is 40.4 Å². The van der Waals surface area contributed by atoms with Crippen molar-refractivity contribution >= 4 is 12.1 Å². The van der Waals surface area contributed by atoms with Crippen LogP contribution in [0.5, 0.6) is 0 Å². The monoisotopic (exact) mass is 396 g/mol. The Hall–Kier alpha value is -1.50. The summed E-state index contributed by atoms with van der Waals surface area (Å²) in [6.07, 6.45) is 7.82. The van der Waals surface area contributed by atoms with E-state index in [2.05, 4.69) is 15.6 Å². The molecule has 1 heterocycles. The highest BCUT2D eigenvalue weighted by atomic mass is 16.6. The molecule has 1 saturated heterocycles. The number of piperidine rings is 1. The van der Waals surface area contributed by atoms with E-state index in [0.29, 0.717) is 12.0 Å². The van der Waals surface area contributed by atoms with Crippen LogP contribution in [0.2, 0.25) is 0 Å². The van der Waals surface area contributed by atoms with Crippen LogP contribution in [-0.4, -0.2) is 69.0 Å². The highest BCUT2D eigenvalue weighted by molar-refractivity contribution is 5.79. The molecule has 0 aromatic heterocycles. The first-order valence-electron chi connectivity index (χ1n) is 10.7. The van der Waals surface area contributed by atoms with Crippen LogP contribution in [0, 0.1) is 5.41 Å². The number of aliphatic imine (C=N–C) groups is 1. The molecule has 1 unspecified atom stereocenters. The van der Waals surface area contributed by atoms with Gasteiger partial charge in [-0.15, -0.1) is 0 Å². The summed E-state index contributed by atoms with van der Waals surface area (Å²) in [5, 5.41) is 6.91. The number of ether oxygens (including phenoxy) is 2. The molecule has 162 valence electrons. The van der Waals surface area contributed by atoms with E-state index in [1.54, 1.807) is 14.2 Å². The molecule has 7 heteroatoms. The van der Waals surface area contributed by atoms with Gasteiger partial charge in [0.2, 0.25) is 0 Å². The molecule has 1 aliphatic carbocycles. The van der Waals surface area contributed by atoms with Gasteiger partial charge in [-0.2, -0.15) is 0 Å². The molecule has 2 aliphatic rings. The lowest BCUT2D eigenvalue weighted by atomic mass is 9.67. The smallest absolute Gasteiger partial charge is 0.410 e. The molecule has 0 aromatic rings. The van der Waals surface area contributed by atoms with E-state index in [0.717, 1.165) is 51.3 Å². The van der Waals surface area contributed by atoms with Gasteiger partial charge in [-0.1, -0.05) is 6.42 Å². The Kier molecular flexibility index (Phi) is 8.40. The molecule has 28 heavy (non-hydrogen) atoms. The number of carbonyl (C=O) groups excluding carboxylic acids is 1. The minimum Gasteiger partial charge on any atom is -0.444 e. The zero-order valence-corrected chi connectivity index (χ0v) is 18.5. The number of nitrogens with one attached hydrogen (secondary N) is 2. The Morgan fingerprint density at radius 1 is 1.21 bits per heavy atom. The molecule has 0 aromatic carbocycles. The van der Waals surface area contributed by atoms with Gasteiger partial charge < -0.3 is 25.0 Å². The molecular formula is C21H40N4O3. The molecule has 1 saturated carbocycles. The number of rotatable bonds is 7. The summed E-state index contributed by atoms with van der Waals surface area (Å²) < 4.78 is 10.9. The first kappa shape index (κ1) is 22.8. The number of amides is 1. The molecule has 2 N–H and O–H groups in total. The number of carbonyl (C=O) groups is 1. The number of likely N-dealkylation sites (tertiary alicyclic amines) is 1. The molecular weight excluding hydrogens is 356 g/mol. The van der Waals surface area contributed by atoms with Gasteiger partial charge in [0.05, 0.1) is 6.04 Å². The number of nitrogens with zero attached hydrogens (tertiary/aromatic N) is 2. The fourth-order valence-electron chi connectivity index (χ4n) is 3.99. The topological polar surface area (TPSA) is 75.2 Å². The maximum atomic E-state index is 12.6. The first-order valence-corrected chi connectivity index (χ1v) is 10.7. The molecule has 2 fully saturated rings. The van der Waals surface area contributed by atoms with Crippen molar-refractivity contribution in [3.8, 4) is 0 Å². The lowest BCUT2D eigenvalue weighted by molar-refractivity contribution is 0.0104. The van der Waals surface area contributed by atoms with E-state index in [1.807, 2.05) is 25.7 Å². The molecule has 0 bridgehead atoms. The zero-order valence-electron chi connectivity index (χ0n) is 18.5. The molecule has 1 atom stereocenters. The van der Waals surface area contributed by atoms with Crippen LogP contribution in [0.4, 0.5) is 4.79 Å². The minimum absolute atomic E-state index is 0.133. The Labute approximate surface area is 170 Å². The molecule has 2 rings (SSSR count). The predicted octanol–water partition coefficient (Wildman–Crippen LogP) is 3.15. The quantitative estimate of drug-likeness (QED) is 0.511. The summed E-state index contributed by atoms with van der Waals surface area (Å²) >= 11 is 0. The van der Waals surface area contributed by atoms with Crippen LogP contribution in [0.1, 0.15) is 65.7 Å². The molecule has 1 amide bonds. The summed E-state index contributed by atoms with van der Waals surface area (Å²) in [5.41, 5.74) is -0.135. The van der Waals surface area contributed by atoms with Gasteiger partial charge in [0.1, 0.15) is 5.60 Å². The third kappa shape index (κ3) is 6.83. The van der Waals surface area contributed by atoms with E-state index in [9.17, 15) is 4.79 Å². The fraction of sp³-hybridized carbons (Fsp3) is 0.905. The third-order valence-corrected chi connectivity index (χ3v) is 5.87. The van der Waals surface area contributed by atoms with Crippen molar-refractivity contribution in [2.45, 2.75) is 77.4 Å². The summed E-state index contributed by atoms with van der Waals surface area (Å²) in [6, 6.07) is 0.133. The highest BCUT2D eigenvalue weighted by Crippen LogP contribution is 2.43. The van der Waals surface area contributed by atoms with E-state index >= 15 is 0 Å². The SMILES string of the molecule is CN=C(NCC1CCCCN1C(=O)OC(C)(C)C)NCC1(CCOC)CCC1. The van der Waals surface area contributed by atoms with E-state index in [4.69, 9.17) is 9.47 Å². The normalized spacial score (nSPS) is 22.4. The van der Waals surface area contributed by atoms with Crippen molar-refractivity contribution in [3.05, 3.63) is 0 Å². The fourth-order valence-corrected chi connectivity index (χ4v) is 3.99. The zero-order chi connectivity index (χ0) is 20.6. The van der Waals surface area contributed by atoms with Crippen LogP contribution >= 0.6 is 0 Å². The van der Waals surface area contributed by atoms with Gasteiger partial charge >= 0.3 is 6.09 Å². The predicted molar refractivity (Wildman–Crippen MR) is 113 cm³/mol. The van der Waals surface area contributed by atoms with E-state index in [1.165, 1.54) is 19.3 Å². The number of methoxy groups -OCH3 is 1. The molecule has 0 radical (unpaired) electrons. The van der Waals surface area contributed by atoms with Crippen molar-refractivity contribution in [2.24, 2.45) is 10.4 Å². The van der Waals surface area contributed by atoms with Crippen molar-refractivity contribution in [3.63, 3.8) is 0 Å². The summed E-state index contributed by atoms with van der Waals surface area (Å²) in [4.78, 5) is 18.8. The van der Waals surface area contributed by atoms with Gasteiger partial charge in [0.25, 0.3) is 0 Å². The lowest BCUT2D eigenvalue weighted by Gasteiger charge is -2.42. The van der Waals surface area contributed by atoms with Crippen LogP contribution in [0.25, 0.3) is 0 Å². The van der Waals surface area contributed by atoms with Crippen molar-refractivity contribution < 1.29 is 14.3 Å². The minimum atomic E-state index is -0.469. The van der Waals surface area contributed by atoms with Crippen LogP contribution < -0.4 is 10.6 Å². The summed E-state index contributed by atoms with van der Waals surface area (Å²) in [6.45, 7) is 8.89. The standard InChI is InChI=1S/C21H40N4O3/c1-20(2,3)28-19(26)25-13-7-6-9-17(25)15-23-18(22-4)24-16-21(10-8-11-21)12-14-27-5/h17H,6-16H2,1-5H3,(H2,22,23,24). The number of hydrogen-bond acceptors (Lipinski definition) is 4. The Bertz CT molecular complexity index is 526. The van der Waals surface area contributed by atoms with Crippen LogP contribution in [-0.2, 0) is 9.47 Å². The summed E-state index contributed by atoms with van der Waals surface area (Å²) in [7, 11) is 3.56. The second kappa shape index (κ2) is 10.3. The first-order chi connectivity index (χ1) is 13.3. The third-order valence-electron chi connectivity index (χ3n) is 5.87. The van der Waals surface area contributed by atoms with Gasteiger partial charge in [0.15, 0.2) is 5.96 Å². The van der Waals surface area contributed by atoms with E-state index in [-0.39, 0.29) is 12.1 Å². The van der Waals surface area contributed by atoms with Crippen molar-refractivity contribution in [1.82, 2.24) is 15.5 Å². The Morgan fingerprint density at radius 2 is 1.96 bits per heavy atom. The maximum absolute atomic E-state index is 12.6. The average molecular weight is 397 g/mol. The van der Waals surface area contributed by atoms with Gasteiger partial charge in [-0.25, -0.2) is 4.79 Å². The maximum Gasteiger partial charge on any atom is 0.410 e. The lowest BCUT2D eigenvalue weighted by Crippen LogP contribution is -2.53. The second-order valence-electron chi connectivity index (χ2n) is 9.23. The van der Waals surface area contributed by atoms with Crippen LogP contribution in [0.15, 0.2) is 4.99 Å². The van der Waals surface area contributed by atoms with Gasteiger partial charge in [-0.05, 0) is 64.7 Å². The Morgan fingerprint density at radius 3 is 2.54 bits per heavy atom. The van der Waals surface area contributed by atoms with Gasteiger partial charge in [-0.3, -0.25) is 4.99 Å². The average Bonchev–Trinajstić information content (AvgIpc) is 2.61. The second-order valence-corrected chi connectivity index (χ2v) is 9.23. The van der Waals surface area contributed by atoms with Crippen molar-refractivity contribution in [1.29, 1.82) is 0 Å². The van der Waals surface area contributed by atoms with E-state index < -0.39 is 5.60 Å². The largest absolute Gasteiger partial charge is 0.444 e. The Balaban J connectivity index is 1.84. The van der Waals surface area contributed by atoms with Crippen LogP contribution in [0.3, 0.4) is 0 Å². The number of hydrogen-bond donors (Lipinski definition) is 2. The molecule has 1 aliphatic heterocycles.